The number of ether oxygens (including phenoxy) is 1. The van der Waals surface area contributed by atoms with Gasteiger partial charge in [0.1, 0.15) is 5.75 Å². The van der Waals surface area contributed by atoms with Crippen molar-refractivity contribution in [1.29, 1.82) is 5.26 Å². The Morgan fingerprint density at radius 3 is 2.33 bits per heavy atom. The quantitative estimate of drug-likeness (QED) is 0.402. The van der Waals surface area contributed by atoms with Gasteiger partial charge in [-0.25, -0.2) is 10.3 Å². The maximum Gasteiger partial charge on any atom is 0.304 e. The van der Waals surface area contributed by atoms with Crippen LogP contribution in [0.25, 0.3) is 0 Å². The van der Waals surface area contributed by atoms with Gasteiger partial charge in [0, 0.05) is 0 Å². The van der Waals surface area contributed by atoms with Crippen molar-refractivity contribution >= 4 is 6.02 Å². The molecule has 0 saturated carbocycles. The number of hydrogen-bond donors (Lipinski definition) is 1. The van der Waals surface area contributed by atoms with Gasteiger partial charge in [0.2, 0.25) is 0 Å². The first kappa shape index (κ1) is 14.6. The number of nitrogens with one attached hydrogen (secondary N) is 1. The number of benzene rings is 2. The molecule has 0 spiro atoms. The van der Waals surface area contributed by atoms with Crippen molar-refractivity contribution in [2.24, 2.45) is 4.99 Å². The second-order valence-corrected chi connectivity index (χ2v) is 4.42. The number of hydrogen-bond acceptors (Lipinski definition) is 3. The van der Waals surface area contributed by atoms with E-state index in [0.717, 1.165) is 12.0 Å². The minimum absolute atomic E-state index is 0.0502. The summed E-state index contributed by atoms with van der Waals surface area (Å²) in [7, 11) is 0. The van der Waals surface area contributed by atoms with E-state index in [-0.39, 0.29) is 12.1 Å². The highest BCUT2D eigenvalue weighted by molar-refractivity contribution is 5.77. The van der Waals surface area contributed by atoms with Crippen LogP contribution in [0.3, 0.4) is 0 Å². The van der Waals surface area contributed by atoms with Gasteiger partial charge in [0.05, 0.1) is 6.04 Å². The van der Waals surface area contributed by atoms with Crippen molar-refractivity contribution < 1.29 is 4.74 Å². The molecule has 0 amide bonds. The van der Waals surface area contributed by atoms with Crippen LogP contribution in [0.2, 0.25) is 0 Å². The molecule has 0 radical (unpaired) electrons. The molecule has 1 N–H and O–H groups in total. The van der Waals surface area contributed by atoms with Gasteiger partial charge in [0.25, 0.3) is 0 Å². The number of amidine groups is 1. The molecule has 21 heavy (non-hydrogen) atoms. The van der Waals surface area contributed by atoms with Gasteiger partial charge in [-0.2, -0.15) is 5.26 Å². The van der Waals surface area contributed by atoms with E-state index in [2.05, 4.69) is 10.3 Å². The van der Waals surface area contributed by atoms with Crippen molar-refractivity contribution in [3.8, 4) is 11.9 Å². The molecule has 0 aliphatic carbocycles. The standard InChI is InChI=1S/C17H17N3O/c1-2-16(14-9-5-3-6-10-14)20-17(19-13-18)21-15-11-7-4-8-12-15/h3-12,16H,2H2,1H3,(H,19,20). The van der Waals surface area contributed by atoms with Crippen LogP contribution in [0.15, 0.2) is 65.7 Å². The van der Waals surface area contributed by atoms with Gasteiger partial charge in [-0.15, -0.1) is 0 Å². The molecule has 4 nitrogen and oxygen atoms in total. The molecular formula is C17H17N3O. The predicted molar refractivity (Wildman–Crippen MR) is 82.7 cm³/mol. The highest BCUT2D eigenvalue weighted by Gasteiger charge is 2.10. The van der Waals surface area contributed by atoms with Crippen LogP contribution >= 0.6 is 0 Å². The van der Waals surface area contributed by atoms with Gasteiger partial charge in [-0.05, 0) is 24.1 Å². The molecule has 1 unspecified atom stereocenters. The van der Waals surface area contributed by atoms with Crippen molar-refractivity contribution in [1.82, 2.24) is 5.32 Å². The Kier molecular flexibility index (Phi) is 5.36. The van der Waals surface area contributed by atoms with Crippen LogP contribution in [0.5, 0.6) is 5.75 Å². The molecule has 0 aromatic heterocycles. The summed E-state index contributed by atoms with van der Waals surface area (Å²) in [6.07, 6.45) is 2.68. The summed E-state index contributed by atoms with van der Waals surface area (Å²) in [5.74, 6) is 0.641. The van der Waals surface area contributed by atoms with Crippen LogP contribution in [-0.4, -0.2) is 6.02 Å². The van der Waals surface area contributed by atoms with E-state index in [9.17, 15) is 0 Å². The lowest BCUT2D eigenvalue weighted by Crippen LogP contribution is -2.25. The average molecular weight is 279 g/mol. The smallest absolute Gasteiger partial charge is 0.304 e. The Labute approximate surface area is 124 Å². The third-order valence-corrected chi connectivity index (χ3v) is 2.96. The number of para-hydroxylation sites is 1. The lowest BCUT2D eigenvalue weighted by atomic mass is 10.1. The second-order valence-electron chi connectivity index (χ2n) is 4.42. The van der Waals surface area contributed by atoms with Gasteiger partial charge in [0.15, 0.2) is 6.19 Å². The molecule has 0 saturated heterocycles. The van der Waals surface area contributed by atoms with E-state index in [1.165, 1.54) is 0 Å². The van der Waals surface area contributed by atoms with Crippen molar-refractivity contribution in [2.45, 2.75) is 19.4 Å². The van der Waals surface area contributed by atoms with Crippen molar-refractivity contribution in [3.63, 3.8) is 0 Å². The molecule has 0 aliphatic heterocycles. The van der Waals surface area contributed by atoms with E-state index in [0.29, 0.717) is 5.75 Å². The third-order valence-electron chi connectivity index (χ3n) is 2.96. The van der Waals surface area contributed by atoms with E-state index in [1.807, 2.05) is 73.8 Å². The molecule has 106 valence electrons. The molecule has 2 aromatic rings. The first-order chi connectivity index (χ1) is 10.3. The van der Waals surface area contributed by atoms with Gasteiger partial charge in [-0.1, -0.05) is 55.5 Å². The lowest BCUT2D eigenvalue weighted by molar-refractivity contribution is 0.515. The summed E-state index contributed by atoms with van der Waals surface area (Å²) in [6.45, 7) is 2.05. The molecule has 0 fully saturated rings. The molecule has 2 rings (SSSR count). The molecule has 1 atom stereocenters. The van der Waals surface area contributed by atoms with Gasteiger partial charge >= 0.3 is 6.02 Å². The summed E-state index contributed by atoms with van der Waals surface area (Å²) < 4.78 is 5.63. The maximum atomic E-state index is 8.85. The Morgan fingerprint density at radius 1 is 1.14 bits per heavy atom. The molecule has 0 heterocycles. The zero-order valence-electron chi connectivity index (χ0n) is 11.9. The van der Waals surface area contributed by atoms with E-state index in [4.69, 9.17) is 10.00 Å². The molecule has 0 bridgehead atoms. The Bertz CT molecular complexity index is 617. The highest BCUT2D eigenvalue weighted by atomic mass is 16.5. The lowest BCUT2D eigenvalue weighted by Gasteiger charge is -2.13. The Morgan fingerprint density at radius 2 is 1.76 bits per heavy atom. The summed E-state index contributed by atoms with van der Waals surface area (Å²) in [5.41, 5.74) is 1.09. The minimum Gasteiger partial charge on any atom is -0.425 e. The average Bonchev–Trinajstić information content (AvgIpc) is 2.54. The van der Waals surface area contributed by atoms with E-state index < -0.39 is 0 Å². The number of aliphatic imine (C=N–C) groups is 1. The van der Waals surface area contributed by atoms with Crippen LogP contribution in [0.4, 0.5) is 0 Å². The Hall–Kier alpha value is -2.80. The summed E-state index contributed by atoms with van der Waals surface area (Å²) in [4.78, 5) is 4.51. The summed E-state index contributed by atoms with van der Waals surface area (Å²) in [6, 6.07) is 19.4. The van der Waals surface area contributed by atoms with Crippen molar-refractivity contribution in [2.75, 3.05) is 0 Å². The monoisotopic (exact) mass is 279 g/mol. The zero-order chi connectivity index (χ0) is 14.9. The van der Waals surface area contributed by atoms with Crippen LogP contribution in [-0.2, 0) is 0 Å². The summed E-state index contributed by atoms with van der Waals surface area (Å²) in [5, 5.41) is 11.3. The maximum absolute atomic E-state index is 8.85. The van der Waals surface area contributed by atoms with E-state index >= 15 is 0 Å². The van der Waals surface area contributed by atoms with Crippen LogP contribution in [0, 0.1) is 11.5 Å². The second kappa shape index (κ2) is 7.71. The topological polar surface area (TPSA) is 57.4 Å². The normalized spacial score (nSPS) is 12.3. The highest BCUT2D eigenvalue weighted by Crippen LogP contribution is 2.21. The van der Waals surface area contributed by atoms with Gasteiger partial charge in [-0.3, -0.25) is 0 Å². The first-order valence-electron chi connectivity index (χ1n) is 6.84. The molecular weight excluding hydrogens is 262 g/mol. The zero-order valence-corrected chi connectivity index (χ0v) is 11.9. The fraction of sp³-hybridized carbons (Fsp3) is 0.176. The van der Waals surface area contributed by atoms with E-state index in [1.54, 1.807) is 0 Å². The van der Waals surface area contributed by atoms with Crippen molar-refractivity contribution in [3.05, 3.63) is 66.2 Å². The molecule has 0 aliphatic rings. The molecule has 2 aromatic carbocycles. The third kappa shape index (κ3) is 4.36. The van der Waals surface area contributed by atoms with Crippen LogP contribution in [0.1, 0.15) is 24.9 Å². The van der Waals surface area contributed by atoms with Crippen LogP contribution < -0.4 is 10.1 Å². The van der Waals surface area contributed by atoms with Gasteiger partial charge < -0.3 is 4.74 Å². The fourth-order valence-corrected chi connectivity index (χ4v) is 1.95. The minimum atomic E-state index is -0.0502. The molecule has 4 heteroatoms. The number of rotatable bonds is 4. The number of nitriles is 1. The summed E-state index contributed by atoms with van der Waals surface area (Å²) >= 11 is 0. The number of nitrogens with zero attached hydrogens (tertiary/aromatic N) is 2. The Balaban J connectivity index is 2.21. The fourth-order valence-electron chi connectivity index (χ4n) is 1.95. The first-order valence-corrected chi connectivity index (χ1v) is 6.84. The largest absolute Gasteiger partial charge is 0.425 e. The SMILES string of the molecule is CCC(N=C(NC#N)Oc1ccccc1)c1ccccc1. The predicted octanol–water partition coefficient (Wildman–Crippen LogP) is 3.64.